The van der Waals surface area contributed by atoms with E-state index in [0.29, 0.717) is 11.9 Å². The fraction of sp³-hybridized carbons (Fsp3) is 0.273. The van der Waals surface area contributed by atoms with Gasteiger partial charge in [0, 0.05) is 23.7 Å². The van der Waals surface area contributed by atoms with Gasteiger partial charge in [0.25, 0.3) is 0 Å². The third kappa shape index (κ3) is 1.76. The highest BCUT2D eigenvalue weighted by molar-refractivity contribution is 5.89. The van der Waals surface area contributed by atoms with Gasteiger partial charge in [-0.3, -0.25) is 0 Å². The molecular weight excluding hydrogens is 192 g/mol. The molecule has 2 aromatic rings. The number of fused-ring (bicyclic) bond motifs is 1. The summed E-state index contributed by atoms with van der Waals surface area (Å²) < 4.78 is 0. The minimum Gasteiger partial charge on any atom is -0.508 e. The predicted octanol–water partition coefficient (Wildman–Crippen LogP) is 1.47. The zero-order valence-corrected chi connectivity index (χ0v) is 8.49. The second kappa shape index (κ2) is 3.47. The molecule has 80 valence electrons. The second-order valence-electron chi connectivity index (χ2n) is 3.88. The summed E-state index contributed by atoms with van der Waals surface area (Å²) in [7, 11) is 0. The topological polar surface area (TPSA) is 82.3 Å². The van der Waals surface area contributed by atoms with Crippen LogP contribution < -0.4 is 5.73 Å². The maximum Gasteiger partial charge on any atom is 0.143 e. The van der Waals surface area contributed by atoms with E-state index in [1.54, 1.807) is 6.07 Å². The molecule has 5 N–H and O–H groups in total. The minimum absolute atomic E-state index is 0.0495. The largest absolute Gasteiger partial charge is 0.508 e. The minimum atomic E-state index is 0.0495. The van der Waals surface area contributed by atoms with Gasteiger partial charge in [0.15, 0.2) is 0 Å². The van der Waals surface area contributed by atoms with Gasteiger partial charge < -0.3 is 20.9 Å². The maximum absolute atomic E-state index is 9.58. The first-order chi connectivity index (χ1) is 7.08. The Bertz CT molecular complexity index is 489. The Morgan fingerprint density at radius 1 is 1.40 bits per heavy atom. The number of phenols is 2. The van der Waals surface area contributed by atoms with E-state index in [1.807, 2.05) is 13.1 Å². The Kier molecular flexibility index (Phi) is 2.28. The molecule has 0 saturated carbocycles. The van der Waals surface area contributed by atoms with E-state index < -0.39 is 0 Å². The number of aromatic amines is 1. The van der Waals surface area contributed by atoms with Crippen molar-refractivity contribution in [2.75, 3.05) is 0 Å². The number of H-pyrrole nitrogens is 1. The normalized spacial score (nSPS) is 13.2. The quantitative estimate of drug-likeness (QED) is 0.600. The van der Waals surface area contributed by atoms with Crippen molar-refractivity contribution in [3.8, 4) is 11.5 Å². The molecular formula is C11H14N2O2. The zero-order chi connectivity index (χ0) is 11.0. The summed E-state index contributed by atoms with van der Waals surface area (Å²) >= 11 is 0. The highest BCUT2D eigenvalue weighted by Gasteiger charge is 2.10. The SMILES string of the molecule is CC(N)Cc1c[nH]c2c(O)cc(O)cc12. The van der Waals surface area contributed by atoms with Gasteiger partial charge in [-0.1, -0.05) is 0 Å². The van der Waals surface area contributed by atoms with Gasteiger partial charge >= 0.3 is 0 Å². The van der Waals surface area contributed by atoms with E-state index in [4.69, 9.17) is 5.73 Å². The van der Waals surface area contributed by atoms with Crippen molar-refractivity contribution in [3.63, 3.8) is 0 Å². The van der Waals surface area contributed by atoms with Gasteiger partial charge in [0.1, 0.15) is 11.5 Å². The number of nitrogens with one attached hydrogen (secondary N) is 1. The average molecular weight is 206 g/mol. The summed E-state index contributed by atoms with van der Waals surface area (Å²) in [6.45, 7) is 1.92. The number of nitrogens with two attached hydrogens (primary N) is 1. The number of benzene rings is 1. The highest BCUT2D eigenvalue weighted by Crippen LogP contribution is 2.31. The molecule has 1 unspecified atom stereocenters. The molecule has 0 aliphatic carbocycles. The van der Waals surface area contributed by atoms with Crippen molar-refractivity contribution in [1.29, 1.82) is 0 Å². The molecule has 0 aliphatic rings. The van der Waals surface area contributed by atoms with Crippen LogP contribution in [0, 0.1) is 0 Å². The lowest BCUT2D eigenvalue weighted by molar-refractivity contribution is 0.454. The third-order valence-electron chi connectivity index (χ3n) is 2.38. The Balaban J connectivity index is 2.58. The number of rotatable bonds is 2. The molecule has 0 bridgehead atoms. The summed E-state index contributed by atoms with van der Waals surface area (Å²) in [6.07, 6.45) is 2.52. The molecule has 0 aliphatic heterocycles. The number of hydrogen-bond donors (Lipinski definition) is 4. The van der Waals surface area contributed by atoms with Crippen molar-refractivity contribution < 1.29 is 10.2 Å². The van der Waals surface area contributed by atoms with E-state index in [2.05, 4.69) is 4.98 Å². The molecule has 1 aromatic heterocycles. The zero-order valence-electron chi connectivity index (χ0n) is 8.49. The smallest absolute Gasteiger partial charge is 0.143 e. The van der Waals surface area contributed by atoms with Crippen LogP contribution in [0.3, 0.4) is 0 Å². The Morgan fingerprint density at radius 2 is 2.13 bits per heavy atom. The molecule has 2 rings (SSSR count). The lowest BCUT2D eigenvalue weighted by atomic mass is 10.1. The molecule has 4 nitrogen and oxygen atoms in total. The number of phenolic OH excluding ortho intramolecular Hbond substituents is 2. The van der Waals surface area contributed by atoms with Gasteiger partial charge in [-0.2, -0.15) is 0 Å². The Labute approximate surface area is 87.3 Å². The van der Waals surface area contributed by atoms with E-state index in [0.717, 1.165) is 10.9 Å². The summed E-state index contributed by atoms with van der Waals surface area (Å²) in [5, 5.41) is 19.8. The summed E-state index contributed by atoms with van der Waals surface area (Å²) in [5.41, 5.74) is 7.36. The van der Waals surface area contributed by atoms with Gasteiger partial charge in [-0.25, -0.2) is 0 Å². The van der Waals surface area contributed by atoms with Crippen molar-refractivity contribution in [2.45, 2.75) is 19.4 Å². The monoisotopic (exact) mass is 206 g/mol. The van der Waals surface area contributed by atoms with E-state index in [9.17, 15) is 10.2 Å². The average Bonchev–Trinajstić information content (AvgIpc) is 2.48. The van der Waals surface area contributed by atoms with Crippen molar-refractivity contribution in [1.82, 2.24) is 4.98 Å². The van der Waals surface area contributed by atoms with Crippen LogP contribution in [0.4, 0.5) is 0 Å². The second-order valence-corrected chi connectivity index (χ2v) is 3.88. The van der Waals surface area contributed by atoms with Crippen LogP contribution in [0.25, 0.3) is 10.9 Å². The standard InChI is InChI=1S/C11H14N2O2/c1-6(12)2-7-5-13-11-9(7)3-8(14)4-10(11)15/h3-6,13-15H,2,12H2,1H3. The first kappa shape index (κ1) is 9.86. The van der Waals surface area contributed by atoms with Gasteiger partial charge in [-0.15, -0.1) is 0 Å². The highest BCUT2D eigenvalue weighted by atomic mass is 16.3. The molecule has 0 saturated heterocycles. The molecule has 1 aromatic carbocycles. The van der Waals surface area contributed by atoms with E-state index in [1.165, 1.54) is 6.07 Å². The molecule has 0 amide bonds. The first-order valence-electron chi connectivity index (χ1n) is 4.85. The number of aromatic hydroxyl groups is 2. The molecule has 1 heterocycles. The van der Waals surface area contributed by atoms with Crippen LogP contribution in [0.5, 0.6) is 11.5 Å². The van der Waals surface area contributed by atoms with Gasteiger partial charge in [0.2, 0.25) is 0 Å². The molecule has 1 atom stereocenters. The van der Waals surface area contributed by atoms with Crippen LogP contribution in [0.1, 0.15) is 12.5 Å². The van der Waals surface area contributed by atoms with Crippen molar-refractivity contribution in [2.24, 2.45) is 5.73 Å². The van der Waals surface area contributed by atoms with Crippen LogP contribution >= 0.6 is 0 Å². The summed E-state index contributed by atoms with van der Waals surface area (Å²) in [4.78, 5) is 2.97. The van der Waals surface area contributed by atoms with Crippen LogP contribution in [-0.2, 0) is 6.42 Å². The molecule has 4 heteroatoms. The molecule has 15 heavy (non-hydrogen) atoms. The number of hydrogen-bond acceptors (Lipinski definition) is 3. The first-order valence-corrected chi connectivity index (χ1v) is 4.85. The van der Waals surface area contributed by atoms with Crippen molar-refractivity contribution >= 4 is 10.9 Å². The molecule has 0 radical (unpaired) electrons. The maximum atomic E-state index is 9.58. The third-order valence-corrected chi connectivity index (χ3v) is 2.38. The fourth-order valence-corrected chi connectivity index (χ4v) is 1.77. The van der Waals surface area contributed by atoms with Crippen molar-refractivity contribution in [3.05, 3.63) is 23.9 Å². The van der Waals surface area contributed by atoms with Gasteiger partial charge in [-0.05, 0) is 25.0 Å². The summed E-state index contributed by atoms with van der Waals surface area (Å²) in [6, 6.07) is 2.99. The van der Waals surface area contributed by atoms with Crippen LogP contribution in [0.15, 0.2) is 18.3 Å². The summed E-state index contributed by atoms with van der Waals surface area (Å²) in [5.74, 6) is 0.117. The predicted molar refractivity (Wildman–Crippen MR) is 59.0 cm³/mol. The lowest BCUT2D eigenvalue weighted by Crippen LogP contribution is -2.17. The molecule has 0 fully saturated rings. The number of aromatic nitrogens is 1. The van der Waals surface area contributed by atoms with E-state index in [-0.39, 0.29) is 17.5 Å². The Hall–Kier alpha value is -1.68. The fourth-order valence-electron chi connectivity index (χ4n) is 1.77. The lowest BCUT2D eigenvalue weighted by Gasteiger charge is -2.03. The van der Waals surface area contributed by atoms with Gasteiger partial charge in [0.05, 0.1) is 5.52 Å². The van der Waals surface area contributed by atoms with E-state index >= 15 is 0 Å². The van der Waals surface area contributed by atoms with Crippen LogP contribution in [0.2, 0.25) is 0 Å². The molecule has 0 spiro atoms. The Morgan fingerprint density at radius 3 is 2.80 bits per heavy atom. The van der Waals surface area contributed by atoms with Crippen LogP contribution in [-0.4, -0.2) is 21.2 Å².